The number of nitrogen functional groups attached to an aromatic ring is 1. The number of carbonyl (C=O) groups excluding carboxylic acids is 2. The van der Waals surface area contributed by atoms with E-state index in [4.69, 9.17) is 27.2 Å². The van der Waals surface area contributed by atoms with Crippen LogP contribution in [-0.2, 0) is 6.61 Å². The lowest BCUT2D eigenvalue weighted by Gasteiger charge is -2.10. The average molecular weight is 547 g/mol. The van der Waals surface area contributed by atoms with Crippen LogP contribution in [0.25, 0.3) is 10.1 Å². The standard InChI is InChI=1S/C25H23ClN4O4S.ClH/c26-17-7-5-15(6-8-17)24(32)30-18-3-1-4-19(11-18)34-13-16-14-35-22-20(12-29-23(27)21(16)22)25(33)28-9-2-10-31;/h1,3-8,11-12,14,31H,2,9-10,13H2,(H2,27,29)(H,28,33)(H,30,32);1H. The molecule has 0 aliphatic carbocycles. The summed E-state index contributed by atoms with van der Waals surface area (Å²) in [5.41, 5.74) is 8.43. The van der Waals surface area contributed by atoms with Crippen LogP contribution in [0.2, 0.25) is 5.02 Å². The Bertz CT molecular complexity index is 1360. The number of nitrogens with one attached hydrogen (secondary N) is 2. The molecule has 2 aromatic carbocycles. The van der Waals surface area contributed by atoms with Gasteiger partial charge in [-0.3, -0.25) is 9.59 Å². The van der Waals surface area contributed by atoms with Crippen molar-refractivity contribution in [3.63, 3.8) is 0 Å². The molecular formula is C25H24Cl2N4O4S. The Balaban J connectivity index is 0.00000361. The fourth-order valence-corrected chi connectivity index (χ4v) is 4.60. The van der Waals surface area contributed by atoms with Crippen molar-refractivity contribution in [1.82, 2.24) is 10.3 Å². The van der Waals surface area contributed by atoms with Crippen LogP contribution in [0.1, 0.15) is 32.7 Å². The van der Waals surface area contributed by atoms with E-state index in [2.05, 4.69) is 15.6 Å². The summed E-state index contributed by atoms with van der Waals surface area (Å²) in [6.45, 7) is 0.575. The highest BCUT2D eigenvalue weighted by atomic mass is 35.5. The number of nitrogens with two attached hydrogens (primary N) is 1. The predicted octanol–water partition coefficient (Wildman–Crippen LogP) is 4.90. The second-order valence-corrected chi connectivity index (χ2v) is 8.95. The normalized spacial score (nSPS) is 10.5. The lowest BCUT2D eigenvalue weighted by molar-refractivity contribution is 0.0951. The average Bonchev–Trinajstić information content (AvgIpc) is 3.28. The topological polar surface area (TPSA) is 127 Å². The third-order valence-corrected chi connectivity index (χ3v) is 6.47. The number of amides is 2. The fraction of sp³-hybridized carbons (Fsp3) is 0.160. The van der Waals surface area contributed by atoms with Crippen LogP contribution in [0.4, 0.5) is 11.5 Å². The van der Waals surface area contributed by atoms with Crippen molar-refractivity contribution in [3.8, 4) is 5.75 Å². The fourth-order valence-electron chi connectivity index (χ4n) is 3.40. The summed E-state index contributed by atoms with van der Waals surface area (Å²) in [6.07, 6.45) is 1.93. The van der Waals surface area contributed by atoms with Crippen molar-refractivity contribution in [1.29, 1.82) is 0 Å². The predicted molar refractivity (Wildman–Crippen MR) is 145 cm³/mol. The molecular weight excluding hydrogens is 523 g/mol. The lowest BCUT2D eigenvalue weighted by atomic mass is 10.1. The molecule has 0 radical (unpaired) electrons. The van der Waals surface area contributed by atoms with E-state index in [1.165, 1.54) is 17.5 Å². The molecule has 0 fully saturated rings. The van der Waals surface area contributed by atoms with Gasteiger partial charge in [-0.05, 0) is 48.2 Å². The minimum Gasteiger partial charge on any atom is -0.489 e. The highest BCUT2D eigenvalue weighted by molar-refractivity contribution is 7.17. The molecule has 2 aromatic heterocycles. The number of hydrogen-bond acceptors (Lipinski definition) is 7. The van der Waals surface area contributed by atoms with Gasteiger partial charge in [-0.25, -0.2) is 4.98 Å². The summed E-state index contributed by atoms with van der Waals surface area (Å²) in [4.78, 5) is 29.2. The van der Waals surface area contributed by atoms with Crippen LogP contribution in [0.15, 0.2) is 60.1 Å². The van der Waals surface area contributed by atoms with Gasteiger partial charge >= 0.3 is 0 Å². The molecule has 11 heteroatoms. The Hall–Kier alpha value is -3.37. The van der Waals surface area contributed by atoms with Gasteiger partial charge in [0.05, 0.1) is 10.3 Å². The van der Waals surface area contributed by atoms with Crippen molar-refractivity contribution < 1.29 is 19.4 Å². The highest BCUT2D eigenvalue weighted by Crippen LogP contribution is 2.33. The van der Waals surface area contributed by atoms with Gasteiger partial charge in [0.15, 0.2) is 0 Å². The number of aromatic nitrogens is 1. The molecule has 0 saturated heterocycles. The summed E-state index contributed by atoms with van der Waals surface area (Å²) >= 11 is 7.27. The van der Waals surface area contributed by atoms with Gasteiger partial charge in [-0.2, -0.15) is 0 Å². The summed E-state index contributed by atoms with van der Waals surface area (Å²) in [5, 5.41) is 17.7. The van der Waals surface area contributed by atoms with E-state index in [1.807, 2.05) is 5.38 Å². The second kappa shape index (κ2) is 12.5. The molecule has 188 valence electrons. The largest absolute Gasteiger partial charge is 0.489 e. The van der Waals surface area contributed by atoms with E-state index < -0.39 is 0 Å². The van der Waals surface area contributed by atoms with Crippen molar-refractivity contribution >= 4 is 68.8 Å². The lowest BCUT2D eigenvalue weighted by Crippen LogP contribution is -2.25. The molecule has 2 heterocycles. The van der Waals surface area contributed by atoms with Crippen molar-refractivity contribution in [3.05, 3.63) is 81.8 Å². The number of nitrogens with zero attached hydrogens (tertiary/aromatic N) is 1. The maximum absolute atomic E-state index is 12.5. The van der Waals surface area contributed by atoms with E-state index in [1.54, 1.807) is 48.5 Å². The van der Waals surface area contributed by atoms with Crippen molar-refractivity contribution in [2.75, 3.05) is 24.2 Å². The number of benzene rings is 2. The Morgan fingerprint density at radius 1 is 1.14 bits per heavy atom. The number of fused-ring (bicyclic) bond motifs is 1. The first-order valence-corrected chi connectivity index (χ1v) is 12.1. The van der Waals surface area contributed by atoms with Gasteiger partial charge in [0.2, 0.25) is 0 Å². The van der Waals surface area contributed by atoms with E-state index in [0.29, 0.717) is 51.8 Å². The Morgan fingerprint density at radius 3 is 2.67 bits per heavy atom. The molecule has 0 unspecified atom stereocenters. The first-order chi connectivity index (χ1) is 17.0. The van der Waals surface area contributed by atoms with Gasteiger partial charge in [0.1, 0.15) is 18.2 Å². The molecule has 0 aliphatic rings. The number of anilines is 2. The molecule has 0 atom stereocenters. The number of halogens is 2. The van der Waals surface area contributed by atoms with Crippen LogP contribution >= 0.6 is 35.3 Å². The number of rotatable bonds is 9. The van der Waals surface area contributed by atoms with E-state index in [9.17, 15) is 9.59 Å². The molecule has 0 spiro atoms. The summed E-state index contributed by atoms with van der Waals surface area (Å²) in [7, 11) is 0. The first kappa shape index (κ1) is 27.2. The third-order valence-electron chi connectivity index (χ3n) is 5.16. The van der Waals surface area contributed by atoms with E-state index >= 15 is 0 Å². The first-order valence-electron chi connectivity index (χ1n) is 10.8. The van der Waals surface area contributed by atoms with Crippen molar-refractivity contribution in [2.45, 2.75) is 13.0 Å². The van der Waals surface area contributed by atoms with Crippen LogP contribution in [-0.4, -0.2) is 35.1 Å². The van der Waals surface area contributed by atoms with Gasteiger partial charge in [-0.15, -0.1) is 23.7 Å². The van der Waals surface area contributed by atoms with Crippen LogP contribution in [0.5, 0.6) is 5.75 Å². The molecule has 0 bridgehead atoms. The molecule has 0 saturated carbocycles. The number of thiophene rings is 1. The quantitative estimate of drug-likeness (QED) is 0.221. The second-order valence-electron chi connectivity index (χ2n) is 7.63. The SMILES string of the molecule is Cl.Nc1ncc(C(=O)NCCCO)c2scc(COc3cccc(NC(=O)c4ccc(Cl)cc4)c3)c12. The van der Waals surface area contributed by atoms with Crippen molar-refractivity contribution in [2.24, 2.45) is 0 Å². The van der Waals surface area contributed by atoms with Gasteiger partial charge < -0.3 is 26.2 Å². The van der Waals surface area contributed by atoms with Gasteiger partial charge in [-0.1, -0.05) is 17.7 Å². The molecule has 8 nitrogen and oxygen atoms in total. The number of ether oxygens (including phenoxy) is 1. The summed E-state index contributed by atoms with van der Waals surface area (Å²) in [6, 6.07) is 13.7. The Labute approximate surface area is 222 Å². The number of hydrogen-bond donors (Lipinski definition) is 4. The zero-order valence-electron chi connectivity index (χ0n) is 19.0. The molecule has 5 N–H and O–H groups in total. The number of carbonyl (C=O) groups is 2. The van der Waals surface area contributed by atoms with E-state index in [0.717, 1.165) is 10.3 Å². The number of aliphatic hydroxyl groups excluding tert-OH is 1. The minimum absolute atomic E-state index is 0. The van der Waals surface area contributed by atoms with Crippen LogP contribution < -0.4 is 21.1 Å². The third kappa shape index (κ3) is 6.44. The van der Waals surface area contributed by atoms with Gasteiger partial charge in [0, 0.05) is 52.6 Å². The highest BCUT2D eigenvalue weighted by Gasteiger charge is 2.17. The zero-order valence-corrected chi connectivity index (χ0v) is 21.4. The van der Waals surface area contributed by atoms with Crippen LogP contribution in [0.3, 0.4) is 0 Å². The molecule has 0 aliphatic heterocycles. The smallest absolute Gasteiger partial charge is 0.255 e. The summed E-state index contributed by atoms with van der Waals surface area (Å²) in [5.74, 6) is 0.346. The van der Waals surface area contributed by atoms with Crippen LogP contribution in [0, 0.1) is 0 Å². The zero-order chi connectivity index (χ0) is 24.8. The maximum atomic E-state index is 12.5. The van der Waals surface area contributed by atoms with Gasteiger partial charge in [0.25, 0.3) is 11.8 Å². The number of pyridine rings is 1. The Kier molecular flexibility index (Phi) is 9.49. The molecule has 4 aromatic rings. The van der Waals surface area contributed by atoms with E-state index in [-0.39, 0.29) is 37.4 Å². The summed E-state index contributed by atoms with van der Waals surface area (Å²) < 4.78 is 6.69. The number of aliphatic hydroxyl groups is 1. The molecule has 36 heavy (non-hydrogen) atoms. The molecule has 4 rings (SSSR count). The maximum Gasteiger partial charge on any atom is 0.255 e. The molecule has 2 amide bonds. The monoisotopic (exact) mass is 546 g/mol. The Morgan fingerprint density at radius 2 is 1.92 bits per heavy atom. The minimum atomic E-state index is -0.269.